The number of benzene rings is 1. The summed E-state index contributed by atoms with van der Waals surface area (Å²) < 4.78 is 0. The maximum Gasteiger partial charge on any atom is 0.0669 e. The lowest BCUT2D eigenvalue weighted by molar-refractivity contribution is 0.866. The van der Waals surface area contributed by atoms with Gasteiger partial charge in [-0.3, -0.25) is 0 Å². The van der Waals surface area contributed by atoms with Crippen LogP contribution in [0.2, 0.25) is 10.0 Å². The van der Waals surface area contributed by atoms with Crippen molar-refractivity contribution in [2.24, 2.45) is 0 Å². The Kier molecular flexibility index (Phi) is 3.80. The summed E-state index contributed by atoms with van der Waals surface area (Å²) in [6, 6.07) is 5.69. The Hall–Kier alpha value is -0.710. The van der Waals surface area contributed by atoms with E-state index in [1.807, 2.05) is 26.0 Å². The number of hydrogen-bond donors (Lipinski definition) is 0. The molecule has 0 bridgehead atoms. The molecule has 0 N–H and O–H groups in total. The van der Waals surface area contributed by atoms with Crippen LogP contribution >= 0.6 is 23.2 Å². The smallest absolute Gasteiger partial charge is 0.0669 e. The lowest BCUT2D eigenvalue weighted by Gasteiger charge is -2.11. The molecule has 1 nitrogen and oxygen atoms in total. The highest BCUT2D eigenvalue weighted by Crippen LogP contribution is 2.32. The van der Waals surface area contributed by atoms with Gasteiger partial charge in [0.15, 0.2) is 0 Å². The topological polar surface area (TPSA) is 23.8 Å². The molecule has 0 radical (unpaired) electrons. The quantitative estimate of drug-likeness (QED) is 0.744. The molecule has 0 atom stereocenters. The van der Waals surface area contributed by atoms with E-state index in [0.717, 1.165) is 11.1 Å². The van der Waals surface area contributed by atoms with Gasteiger partial charge in [0.25, 0.3) is 0 Å². The summed E-state index contributed by atoms with van der Waals surface area (Å²) in [4.78, 5) is 0. The molecule has 74 valence electrons. The first-order chi connectivity index (χ1) is 6.56. The number of rotatable bonds is 2. The van der Waals surface area contributed by atoms with Gasteiger partial charge in [0, 0.05) is 10.0 Å². The highest BCUT2D eigenvalue weighted by Gasteiger charge is 2.11. The van der Waals surface area contributed by atoms with E-state index in [2.05, 4.69) is 6.07 Å². The van der Waals surface area contributed by atoms with Crippen LogP contribution in [-0.4, -0.2) is 0 Å². The molecule has 0 aliphatic rings. The third-order valence-electron chi connectivity index (χ3n) is 2.00. The predicted molar refractivity (Wildman–Crippen MR) is 59.9 cm³/mol. The van der Waals surface area contributed by atoms with Crippen molar-refractivity contribution in [3.8, 4) is 6.07 Å². The van der Waals surface area contributed by atoms with Gasteiger partial charge in [-0.1, -0.05) is 37.0 Å². The summed E-state index contributed by atoms with van der Waals surface area (Å²) in [5.41, 5.74) is 1.82. The van der Waals surface area contributed by atoms with Crippen LogP contribution in [0.25, 0.3) is 0 Å². The van der Waals surface area contributed by atoms with Gasteiger partial charge >= 0.3 is 0 Å². The van der Waals surface area contributed by atoms with E-state index in [4.69, 9.17) is 28.5 Å². The van der Waals surface area contributed by atoms with E-state index in [-0.39, 0.29) is 0 Å². The molecule has 0 aliphatic carbocycles. The van der Waals surface area contributed by atoms with Gasteiger partial charge in [-0.05, 0) is 29.2 Å². The fraction of sp³-hybridized carbons (Fsp3) is 0.364. The first kappa shape index (κ1) is 11.4. The van der Waals surface area contributed by atoms with Crippen LogP contribution in [0, 0.1) is 11.3 Å². The molecule has 0 aliphatic heterocycles. The Bertz CT molecular complexity index is 354. The van der Waals surface area contributed by atoms with Crippen LogP contribution in [0.3, 0.4) is 0 Å². The molecule has 0 amide bonds. The molecule has 14 heavy (non-hydrogen) atoms. The molecule has 1 aromatic carbocycles. The van der Waals surface area contributed by atoms with Crippen LogP contribution in [0.4, 0.5) is 0 Å². The van der Waals surface area contributed by atoms with Crippen LogP contribution in [0.5, 0.6) is 0 Å². The summed E-state index contributed by atoms with van der Waals surface area (Å²) in [5.74, 6) is 0.297. The summed E-state index contributed by atoms with van der Waals surface area (Å²) in [6.45, 7) is 4.08. The standard InChI is InChI=1S/C11H11Cl2N/c1-7(2)11-9(12)5-8(3-4-14)6-10(11)13/h5-7H,3H2,1-2H3. The highest BCUT2D eigenvalue weighted by atomic mass is 35.5. The Morgan fingerprint density at radius 2 is 1.79 bits per heavy atom. The molecule has 1 aromatic rings. The largest absolute Gasteiger partial charge is 0.198 e. The maximum absolute atomic E-state index is 8.54. The molecule has 0 saturated heterocycles. The zero-order valence-electron chi connectivity index (χ0n) is 8.14. The van der Waals surface area contributed by atoms with Crippen LogP contribution in [-0.2, 0) is 6.42 Å². The van der Waals surface area contributed by atoms with Crippen molar-refractivity contribution in [1.82, 2.24) is 0 Å². The molecule has 0 heterocycles. The second-order valence-electron chi connectivity index (χ2n) is 3.46. The summed E-state index contributed by atoms with van der Waals surface area (Å²) >= 11 is 12.1. The minimum absolute atomic E-state index is 0.297. The normalized spacial score (nSPS) is 10.3. The van der Waals surface area contributed by atoms with Crippen molar-refractivity contribution < 1.29 is 0 Å². The Labute approximate surface area is 94.3 Å². The molecular formula is C11H11Cl2N. The minimum atomic E-state index is 0.297. The van der Waals surface area contributed by atoms with E-state index in [1.165, 1.54) is 0 Å². The fourth-order valence-corrected chi connectivity index (χ4v) is 2.35. The van der Waals surface area contributed by atoms with Crippen molar-refractivity contribution in [3.63, 3.8) is 0 Å². The number of nitrogens with zero attached hydrogens (tertiary/aromatic N) is 1. The summed E-state index contributed by atoms with van der Waals surface area (Å²) in [5, 5.41) is 9.85. The van der Waals surface area contributed by atoms with E-state index < -0.39 is 0 Å². The minimum Gasteiger partial charge on any atom is -0.198 e. The molecule has 0 spiro atoms. The summed E-state index contributed by atoms with van der Waals surface area (Å²) in [7, 11) is 0. The lowest BCUT2D eigenvalue weighted by atomic mass is 10.0. The first-order valence-electron chi connectivity index (χ1n) is 4.41. The van der Waals surface area contributed by atoms with E-state index in [1.54, 1.807) is 0 Å². The summed E-state index contributed by atoms with van der Waals surface area (Å²) in [6.07, 6.45) is 0.345. The average Bonchev–Trinajstić information content (AvgIpc) is 2.01. The number of halogens is 2. The molecule has 3 heteroatoms. The predicted octanol–water partition coefficient (Wildman–Crippen LogP) is 4.18. The van der Waals surface area contributed by atoms with E-state index >= 15 is 0 Å². The van der Waals surface area contributed by atoms with Gasteiger partial charge in [-0.25, -0.2) is 0 Å². The monoisotopic (exact) mass is 227 g/mol. The van der Waals surface area contributed by atoms with Gasteiger partial charge < -0.3 is 0 Å². The SMILES string of the molecule is CC(C)c1c(Cl)cc(CC#N)cc1Cl. The second-order valence-corrected chi connectivity index (χ2v) is 4.28. The molecule has 0 aromatic heterocycles. The maximum atomic E-state index is 8.54. The van der Waals surface area contributed by atoms with Crippen molar-refractivity contribution >= 4 is 23.2 Å². The van der Waals surface area contributed by atoms with E-state index in [0.29, 0.717) is 22.4 Å². The highest BCUT2D eigenvalue weighted by molar-refractivity contribution is 6.36. The first-order valence-corrected chi connectivity index (χ1v) is 5.16. The van der Waals surface area contributed by atoms with Gasteiger partial charge in [0.05, 0.1) is 12.5 Å². The van der Waals surface area contributed by atoms with Crippen LogP contribution in [0.15, 0.2) is 12.1 Å². The Morgan fingerprint density at radius 3 is 2.14 bits per heavy atom. The molecular weight excluding hydrogens is 217 g/mol. The van der Waals surface area contributed by atoms with Crippen molar-refractivity contribution in [3.05, 3.63) is 33.3 Å². The third-order valence-corrected chi connectivity index (χ3v) is 2.62. The number of hydrogen-bond acceptors (Lipinski definition) is 1. The molecule has 0 saturated carbocycles. The van der Waals surface area contributed by atoms with Crippen LogP contribution in [0.1, 0.15) is 30.9 Å². The Morgan fingerprint density at radius 1 is 1.29 bits per heavy atom. The Balaban J connectivity index is 3.19. The number of nitriles is 1. The fourth-order valence-electron chi connectivity index (χ4n) is 1.38. The van der Waals surface area contributed by atoms with Crippen LogP contribution < -0.4 is 0 Å². The molecule has 0 fully saturated rings. The third kappa shape index (κ3) is 2.41. The molecule has 1 rings (SSSR count). The zero-order chi connectivity index (χ0) is 10.7. The van der Waals surface area contributed by atoms with Crippen molar-refractivity contribution in [2.45, 2.75) is 26.2 Å². The van der Waals surface area contributed by atoms with Gasteiger partial charge in [-0.2, -0.15) is 5.26 Å². The second kappa shape index (κ2) is 4.68. The average molecular weight is 228 g/mol. The van der Waals surface area contributed by atoms with Gasteiger partial charge in [0.1, 0.15) is 0 Å². The molecule has 0 unspecified atom stereocenters. The van der Waals surface area contributed by atoms with Crippen molar-refractivity contribution in [2.75, 3.05) is 0 Å². The lowest BCUT2D eigenvalue weighted by Crippen LogP contribution is -1.93. The van der Waals surface area contributed by atoms with E-state index in [9.17, 15) is 0 Å². The zero-order valence-corrected chi connectivity index (χ0v) is 9.65. The van der Waals surface area contributed by atoms with Crippen molar-refractivity contribution in [1.29, 1.82) is 5.26 Å². The van der Waals surface area contributed by atoms with Gasteiger partial charge in [-0.15, -0.1) is 0 Å². The van der Waals surface area contributed by atoms with Gasteiger partial charge in [0.2, 0.25) is 0 Å².